The molecular formula is C18H21ClF2N2O2. The largest absolute Gasteiger partial charge is 0.383 e. The first-order valence-electron chi connectivity index (χ1n) is 7.86. The number of nitrogens with zero attached hydrogens (tertiary/aromatic N) is 2. The first-order valence-corrected chi connectivity index (χ1v) is 8.24. The van der Waals surface area contributed by atoms with E-state index in [9.17, 15) is 13.6 Å². The number of alkyl halides is 2. The number of amides is 1. The molecule has 1 aromatic carbocycles. The highest BCUT2D eigenvalue weighted by Crippen LogP contribution is 2.24. The van der Waals surface area contributed by atoms with Crippen LogP contribution in [-0.4, -0.2) is 48.6 Å². The maximum absolute atomic E-state index is 12.8. The maximum atomic E-state index is 12.8. The zero-order valence-corrected chi connectivity index (χ0v) is 15.2. The molecule has 0 saturated carbocycles. The SMILES string of the molecule is COCCN(CC(F)F)C(=O)c1cc(C)n(-c2cccc(Cl)c2)c1C. The van der Waals surface area contributed by atoms with Gasteiger partial charge in [-0.05, 0) is 38.1 Å². The number of rotatable bonds is 7. The lowest BCUT2D eigenvalue weighted by atomic mass is 10.2. The molecular weight excluding hydrogens is 350 g/mol. The minimum absolute atomic E-state index is 0.112. The van der Waals surface area contributed by atoms with Crippen LogP contribution in [0, 0.1) is 13.8 Å². The minimum Gasteiger partial charge on any atom is -0.383 e. The van der Waals surface area contributed by atoms with Crippen LogP contribution < -0.4 is 0 Å². The van der Waals surface area contributed by atoms with Crippen molar-refractivity contribution in [2.24, 2.45) is 0 Å². The van der Waals surface area contributed by atoms with Crippen molar-refractivity contribution in [1.82, 2.24) is 9.47 Å². The number of carbonyl (C=O) groups excluding carboxylic acids is 1. The van der Waals surface area contributed by atoms with E-state index in [-0.39, 0.29) is 13.2 Å². The fourth-order valence-electron chi connectivity index (χ4n) is 2.81. The zero-order valence-electron chi connectivity index (χ0n) is 14.4. The van der Waals surface area contributed by atoms with Gasteiger partial charge in [0, 0.05) is 35.8 Å². The number of hydrogen-bond acceptors (Lipinski definition) is 2. The van der Waals surface area contributed by atoms with Gasteiger partial charge in [-0.1, -0.05) is 17.7 Å². The van der Waals surface area contributed by atoms with Crippen molar-refractivity contribution >= 4 is 17.5 Å². The Balaban J connectivity index is 2.38. The molecule has 0 N–H and O–H groups in total. The summed E-state index contributed by atoms with van der Waals surface area (Å²) in [5, 5.41) is 0.581. The molecule has 0 aliphatic rings. The van der Waals surface area contributed by atoms with Crippen molar-refractivity contribution in [3.8, 4) is 5.69 Å². The first-order chi connectivity index (χ1) is 11.8. The zero-order chi connectivity index (χ0) is 18.6. The second kappa shape index (κ2) is 8.45. The van der Waals surface area contributed by atoms with E-state index >= 15 is 0 Å². The van der Waals surface area contributed by atoms with Crippen LogP contribution >= 0.6 is 11.6 Å². The molecule has 1 amide bonds. The van der Waals surface area contributed by atoms with Gasteiger partial charge in [0.15, 0.2) is 0 Å². The van der Waals surface area contributed by atoms with Gasteiger partial charge in [0.05, 0.1) is 18.7 Å². The quantitative estimate of drug-likeness (QED) is 0.735. The Hall–Kier alpha value is -1.92. The summed E-state index contributed by atoms with van der Waals surface area (Å²) in [6.07, 6.45) is -2.60. The van der Waals surface area contributed by atoms with Crippen LogP contribution in [0.15, 0.2) is 30.3 Å². The Morgan fingerprint density at radius 2 is 2.04 bits per heavy atom. The van der Waals surface area contributed by atoms with Crippen LogP contribution in [0.3, 0.4) is 0 Å². The first kappa shape index (κ1) is 19.4. The summed E-state index contributed by atoms with van der Waals surface area (Å²) in [7, 11) is 1.47. The maximum Gasteiger partial charge on any atom is 0.255 e. The Bertz CT molecular complexity index is 747. The molecule has 7 heteroatoms. The number of hydrogen-bond donors (Lipinski definition) is 0. The van der Waals surface area contributed by atoms with Gasteiger partial charge >= 0.3 is 0 Å². The Kier molecular flexibility index (Phi) is 6.56. The van der Waals surface area contributed by atoms with E-state index in [0.29, 0.717) is 16.3 Å². The van der Waals surface area contributed by atoms with Crippen LogP contribution in [-0.2, 0) is 4.74 Å². The molecule has 4 nitrogen and oxygen atoms in total. The highest BCUT2D eigenvalue weighted by atomic mass is 35.5. The van der Waals surface area contributed by atoms with Gasteiger partial charge in [0.1, 0.15) is 0 Å². The molecule has 0 fully saturated rings. The second-order valence-corrected chi connectivity index (χ2v) is 6.17. The van der Waals surface area contributed by atoms with Crippen molar-refractivity contribution in [3.63, 3.8) is 0 Å². The summed E-state index contributed by atoms with van der Waals surface area (Å²) in [5.41, 5.74) is 2.72. The fraction of sp³-hybridized carbons (Fsp3) is 0.389. The Morgan fingerprint density at radius 3 is 2.64 bits per heavy atom. The average Bonchev–Trinajstić information content (AvgIpc) is 2.85. The molecule has 136 valence electrons. The lowest BCUT2D eigenvalue weighted by Crippen LogP contribution is -2.37. The van der Waals surface area contributed by atoms with Crippen molar-refractivity contribution in [2.75, 3.05) is 26.8 Å². The summed E-state index contributed by atoms with van der Waals surface area (Å²) >= 11 is 6.05. The van der Waals surface area contributed by atoms with Crippen molar-refractivity contribution < 1.29 is 18.3 Å². The molecule has 2 aromatic rings. The van der Waals surface area contributed by atoms with E-state index in [2.05, 4.69) is 0 Å². The number of aryl methyl sites for hydroxylation is 1. The molecule has 0 aliphatic heterocycles. The number of methoxy groups -OCH3 is 1. The third-order valence-electron chi connectivity index (χ3n) is 3.94. The third kappa shape index (κ3) is 4.58. The smallest absolute Gasteiger partial charge is 0.255 e. The normalized spacial score (nSPS) is 11.2. The van der Waals surface area contributed by atoms with Gasteiger partial charge in [-0.15, -0.1) is 0 Å². The van der Waals surface area contributed by atoms with Crippen LogP contribution in [0.25, 0.3) is 5.69 Å². The number of halogens is 3. The molecule has 0 radical (unpaired) electrons. The van der Waals surface area contributed by atoms with E-state index in [0.717, 1.165) is 16.3 Å². The second-order valence-electron chi connectivity index (χ2n) is 5.74. The minimum atomic E-state index is -2.60. The van der Waals surface area contributed by atoms with Gasteiger partial charge in [0.25, 0.3) is 12.3 Å². The van der Waals surface area contributed by atoms with E-state index in [1.807, 2.05) is 23.6 Å². The topological polar surface area (TPSA) is 34.5 Å². The number of carbonyl (C=O) groups is 1. The Labute approximate surface area is 150 Å². The highest BCUT2D eigenvalue weighted by Gasteiger charge is 2.24. The molecule has 0 aliphatic carbocycles. The molecule has 25 heavy (non-hydrogen) atoms. The summed E-state index contributed by atoms with van der Waals surface area (Å²) in [5.74, 6) is -0.432. The van der Waals surface area contributed by atoms with Crippen LogP contribution in [0.1, 0.15) is 21.7 Å². The van der Waals surface area contributed by atoms with Gasteiger partial charge < -0.3 is 14.2 Å². The molecule has 2 rings (SSSR count). The van der Waals surface area contributed by atoms with Crippen LogP contribution in [0.2, 0.25) is 5.02 Å². The average molecular weight is 371 g/mol. The highest BCUT2D eigenvalue weighted by molar-refractivity contribution is 6.30. The molecule has 1 heterocycles. The van der Waals surface area contributed by atoms with Crippen LogP contribution in [0.4, 0.5) is 8.78 Å². The van der Waals surface area contributed by atoms with E-state index < -0.39 is 18.9 Å². The lowest BCUT2D eigenvalue weighted by Gasteiger charge is -2.22. The number of benzene rings is 1. The molecule has 0 saturated heterocycles. The predicted octanol–water partition coefficient (Wildman–Crippen LogP) is 4.10. The standard InChI is InChI=1S/C18H21ClF2N2O2/c1-12-9-16(18(24)22(7-8-25-3)11-17(20)21)13(2)23(12)15-6-4-5-14(19)10-15/h4-6,9-10,17H,7-8,11H2,1-3H3. The van der Waals surface area contributed by atoms with Gasteiger partial charge in [-0.25, -0.2) is 8.78 Å². The molecule has 1 aromatic heterocycles. The fourth-order valence-corrected chi connectivity index (χ4v) is 2.99. The van der Waals surface area contributed by atoms with Crippen LogP contribution in [0.5, 0.6) is 0 Å². The monoisotopic (exact) mass is 370 g/mol. The van der Waals surface area contributed by atoms with Crippen molar-refractivity contribution in [2.45, 2.75) is 20.3 Å². The van der Waals surface area contributed by atoms with Gasteiger partial charge in [-0.3, -0.25) is 4.79 Å². The summed E-state index contributed by atoms with van der Waals surface area (Å²) < 4.78 is 32.5. The predicted molar refractivity (Wildman–Crippen MR) is 94.0 cm³/mol. The van der Waals surface area contributed by atoms with Crippen molar-refractivity contribution in [1.29, 1.82) is 0 Å². The summed E-state index contributed by atoms with van der Waals surface area (Å²) in [6.45, 7) is 3.34. The van der Waals surface area contributed by atoms with E-state index in [1.165, 1.54) is 7.11 Å². The summed E-state index contributed by atoms with van der Waals surface area (Å²) in [4.78, 5) is 13.9. The van der Waals surface area contributed by atoms with E-state index in [4.69, 9.17) is 16.3 Å². The lowest BCUT2D eigenvalue weighted by molar-refractivity contribution is 0.0477. The molecule has 0 spiro atoms. The van der Waals surface area contributed by atoms with E-state index in [1.54, 1.807) is 25.1 Å². The Morgan fingerprint density at radius 1 is 1.32 bits per heavy atom. The number of aromatic nitrogens is 1. The van der Waals surface area contributed by atoms with Gasteiger partial charge in [0.2, 0.25) is 0 Å². The molecule has 0 atom stereocenters. The third-order valence-corrected chi connectivity index (χ3v) is 4.17. The summed E-state index contributed by atoms with van der Waals surface area (Å²) in [6, 6.07) is 8.96. The van der Waals surface area contributed by atoms with Gasteiger partial charge in [-0.2, -0.15) is 0 Å². The molecule has 0 bridgehead atoms. The molecule has 0 unspecified atom stereocenters. The number of ether oxygens (including phenoxy) is 1. The van der Waals surface area contributed by atoms with Crippen molar-refractivity contribution in [3.05, 3.63) is 52.3 Å².